The molecule has 118 valence electrons. The quantitative estimate of drug-likeness (QED) is 0.850. The number of carbonyl (C=O) groups excluding carboxylic acids is 1. The Labute approximate surface area is 125 Å². The molecule has 7 nitrogen and oxygen atoms in total. The molecule has 1 saturated heterocycles. The summed E-state index contributed by atoms with van der Waals surface area (Å²) in [6.45, 7) is 5.21. The summed E-state index contributed by atoms with van der Waals surface area (Å²) in [5, 5.41) is 4.29. The normalized spacial score (nSPS) is 17.2. The zero-order valence-corrected chi connectivity index (χ0v) is 13.5. The summed E-state index contributed by atoms with van der Waals surface area (Å²) in [6.07, 6.45) is 2.46. The molecule has 1 fully saturated rings. The Morgan fingerprint density at radius 3 is 2.48 bits per heavy atom. The van der Waals surface area contributed by atoms with E-state index in [2.05, 4.69) is 9.82 Å². The summed E-state index contributed by atoms with van der Waals surface area (Å²) >= 11 is 0. The van der Waals surface area contributed by atoms with E-state index in [9.17, 15) is 13.2 Å². The third kappa shape index (κ3) is 4.53. The molecular weight excluding hydrogens is 292 g/mol. The van der Waals surface area contributed by atoms with Gasteiger partial charge in [-0.3, -0.25) is 9.48 Å². The van der Waals surface area contributed by atoms with Crippen LogP contribution in [-0.2, 0) is 21.4 Å². The maximum Gasteiger partial charge on any atom is 0.244 e. The van der Waals surface area contributed by atoms with Crippen molar-refractivity contribution in [3.8, 4) is 0 Å². The third-order valence-corrected chi connectivity index (χ3v) is 4.38. The van der Waals surface area contributed by atoms with Gasteiger partial charge in [0.1, 0.15) is 6.54 Å². The molecule has 1 aromatic rings. The van der Waals surface area contributed by atoms with Crippen LogP contribution < -0.4 is 4.72 Å². The highest BCUT2D eigenvalue weighted by Gasteiger charge is 2.24. The van der Waals surface area contributed by atoms with Gasteiger partial charge in [-0.1, -0.05) is 0 Å². The lowest BCUT2D eigenvalue weighted by atomic mass is 10.1. The molecule has 1 aliphatic rings. The molecule has 2 heterocycles. The number of sulfonamides is 1. The van der Waals surface area contributed by atoms with Crippen molar-refractivity contribution in [1.82, 2.24) is 19.4 Å². The Morgan fingerprint density at radius 2 is 2.00 bits per heavy atom. The van der Waals surface area contributed by atoms with Crippen molar-refractivity contribution in [2.75, 3.05) is 19.3 Å². The second-order valence-corrected chi connectivity index (χ2v) is 7.41. The van der Waals surface area contributed by atoms with Crippen LogP contribution in [0.1, 0.15) is 24.2 Å². The molecule has 8 heteroatoms. The lowest BCUT2D eigenvalue weighted by Gasteiger charge is -2.32. The monoisotopic (exact) mass is 314 g/mol. The van der Waals surface area contributed by atoms with E-state index in [1.807, 2.05) is 19.9 Å². The molecule has 0 aromatic carbocycles. The molecule has 0 spiro atoms. The summed E-state index contributed by atoms with van der Waals surface area (Å²) in [5.41, 5.74) is 1.87. The Morgan fingerprint density at radius 1 is 1.38 bits per heavy atom. The Bertz CT molecular complexity index is 615. The lowest BCUT2D eigenvalue weighted by Crippen LogP contribution is -2.47. The molecular formula is C13H22N4O3S. The minimum atomic E-state index is -3.18. The van der Waals surface area contributed by atoms with Gasteiger partial charge in [-0.2, -0.15) is 5.10 Å². The highest BCUT2D eigenvalue weighted by molar-refractivity contribution is 7.88. The molecule has 0 atom stereocenters. The number of nitrogens with zero attached hydrogens (tertiary/aromatic N) is 3. The molecule has 2 rings (SSSR count). The van der Waals surface area contributed by atoms with E-state index in [0.717, 1.165) is 17.6 Å². The number of amides is 1. The van der Waals surface area contributed by atoms with Crippen molar-refractivity contribution in [2.45, 2.75) is 39.3 Å². The van der Waals surface area contributed by atoms with Crippen LogP contribution in [0.15, 0.2) is 6.07 Å². The molecule has 1 amide bonds. The van der Waals surface area contributed by atoms with Crippen LogP contribution in [0.5, 0.6) is 0 Å². The van der Waals surface area contributed by atoms with Crippen molar-refractivity contribution in [3.63, 3.8) is 0 Å². The maximum atomic E-state index is 12.2. The van der Waals surface area contributed by atoms with Gasteiger partial charge in [0.05, 0.1) is 11.9 Å². The van der Waals surface area contributed by atoms with Crippen molar-refractivity contribution in [3.05, 3.63) is 17.5 Å². The van der Waals surface area contributed by atoms with E-state index < -0.39 is 10.0 Å². The second kappa shape index (κ2) is 6.15. The van der Waals surface area contributed by atoms with Crippen molar-refractivity contribution in [2.24, 2.45) is 0 Å². The van der Waals surface area contributed by atoms with Crippen molar-refractivity contribution in [1.29, 1.82) is 0 Å². The zero-order valence-electron chi connectivity index (χ0n) is 12.7. The van der Waals surface area contributed by atoms with Gasteiger partial charge in [-0.15, -0.1) is 0 Å². The average molecular weight is 314 g/mol. The molecule has 1 N–H and O–H groups in total. The first kappa shape index (κ1) is 16.0. The first-order valence-corrected chi connectivity index (χ1v) is 8.90. The van der Waals surface area contributed by atoms with E-state index >= 15 is 0 Å². The Balaban J connectivity index is 1.87. The topological polar surface area (TPSA) is 84.3 Å². The third-order valence-electron chi connectivity index (χ3n) is 3.62. The summed E-state index contributed by atoms with van der Waals surface area (Å²) in [5.74, 6) is 0.0269. The first-order valence-electron chi connectivity index (χ1n) is 7.01. The fraction of sp³-hybridized carbons (Fsp3) is 0.692. The van der Waals surface area contributed by atoms with Gasteiger partial charge < -0.3 is 4.90 Å². The molecule has 0 aliphatic carbocycles. The minimum absolute atomic E-state index is 0.0269. The highest BCUT2D eigenvalue weighted by Crippen LogP contribution is 2.12. The van der Waals surface area contributed by atoms with Crippen LogP contribution in [0.25, 0.3) is 0 Å². The predicted octanol–water partition coefficient (Wildman–Crippen LogP) is 0.0401. The summed E-state index contributed by atoms with van der Waals surface area (Å²) in [4.78, 5) is 14.0. The smallest absolute Gasteiger partial charge is 0.244 e. The fourth-order valence-corrected chi connectivity index (χ4v) is 3.45. The van der Waals surface area contributed by atoms with Gasteiger partial charge in [-0.25, -0.2) is 13.1 Å². The van der Waals surface area contributed by atoms with Gasteiger partial charge in [0.2, 0.25) is 15.9 Å². The summed E-state index contributed by atoms with van der Waals surface area (Å²) in [7, 11) is -3.18. The number of hydrogen-bond acceptors (Lipinski definition) is 4. The van der Waals surface area contributed by atoms with E-state index in [1.54, 1.807) is 9.58 Å². The number of carbonyl (C=O) groups is 1. The van der Waals surface area contributed by atoms with E-state index in [-0.39, 0.29) is 18.5 Å². The van der Waals surface area contributed by atoms with Crippen LogP contribution in [0, 0.1) is 13.8 Å². The van der Waals surface area contributed by atoms with Gasteiger partial charge in [0.15, 0.2) is 0 Å². The van der Waals surface area contributed by atoms with Crippen LogP contribution in [0.4, 0.5) is 0 Å². The standard InChI is InChI=1S/C13H22N4O3S/c1-10-8-11(2)17(14-10)9-13(18)16-6-4-12(5-7-16)15-21(3,19)20/h8,12,15H,4-7,9H2,1-3H3. The van der Waals surface area contributed by atoms with E-state index in [0.29, 0.717) is 25.9 Å². The zero-order chi connectivity index (χ0) is 15.6. The minimum Gasteiger partial charge on any atom is -0.341 e. The van der Waals surface area contributed by atoms with Gasteiger partial charge >= 0.3 is 0 Å². The Hall–Kier alpha value is -1.41. The molecule has 21 heavy (non-hydrogen) atoms. The maximum absolute atomic E-state index is 12.2. The predicted molar refractivity (Wildman–Crippen MR) is 79.3 cm³/mol. The molecule has 1 aliphatic heterocycles. The van der Waals surface area contributed by atoms with Crippen LogP contribution in [0.2, 0.25) is 0 Å². The number of hydrogen-bond donors (Lipinski definition) is 1. The van der Waals surface area contributed by atoms with E-state index in [1.165, 1.54) is 0 Å². The Kier molecular flexibility index (Phi) is 4.67. The van der Waals surface area contributed by atoms with Crippen molar-refractivity contribution < 1.29 is 13.2 Å². The summed E-state index contributed by atoms with van der Waals surface area (Å²) < 4.78 is 26.7. The summed E-state index contributed by atoms with van der Waals surface area (Å²) in [6, 6.07) is 1.87. The molecule has 1 aromatic heterocycles. The highest BCUT2D eigenvalue weighted by atomic mass is 32.2. The number of aryl methyl sites for hydroxylation is 2. The van der Waals surface area contributed by atoms with Crippen molar-refractivity contribution >= 4 is 15.9 Å². The van der Waals surface area contributed by atoms with Crippen LogP contribution >= 0.6 is 0 Å². The van der Waals surface area contributed by atoms with Crippen LogP contribution in [0.3, 0.4) is 0 Å². The number of likely N-dealkylation sites (tertiary alicyclic amines) is 1. The number of nitrogens with one attached hydrogen (secondary N) is 1. The molecule has 0 unspecified atom stereocenters. The van der Waals surface area contributed by atoms with E-state index in [4.69, 9.17) is 0 Å². The fourth-order valence-electron chi connectivity index (χ4n) is 2.61. The van der Waals surface area contributed by atoms with Crippen LogP contribution in [-0.4, -0.2) is 54.4 Å². The largest absolute Gasteiger partial charge is 0.341 e. The second-order valence-electron chi connectivity index (χ2n) is 5.63. The molecule has 0 saturated carbocycles. The number of rotatable bonds is 4. The first-order chi connectivity index (χ1) is 9.74. The number of aromatic nitrogens is 2. The number of piperidine rings is 1. The lowest BCUT2D eigenvalue weighted by molar-refractivity contribution is -0.133. The molecule has 0 bridgehead atoms. The molecule has 0 radical (unpaired) electrons. The average Bonchev–Trinajstić information content (AvgIpc) is 2.66. The SMILES string of the molecule is Cc1cc(C)n(CC(=O)N2CCC(NS(C)(=O)=O)CC2)n1. The van der Waals surface area contributed by atoms with Gasteiger partial charge in [0, 0.05) is 24.8 Å². The van der Waals surface area contributed by atoms with Gasteiger partial charge in [0.25, 0.3) is 0 Å². The van der Waals surface area contributed by atoms with Gasteiger partial charge in [-0.05, 0) is 32.8 Å².